The fourth-order valence-electron chi connectivity index (χ4n) is 3.86. The van der Waals surface area contributed by atoms with Gasteiger partial charge in [0.15, 0.2) is 0 Å². The minimum atomic E-state index is -0.463. The molecule has 0 radical (unpaired) electrons. The van der Waals surface area contributed by atoms with E-state index in [9.17, 15) is 4.79 Å². The van der Waals surface area contributed by atoms with Crippen molar-refractivity contribution in [2.45, 2.75) is 64.1 Å². The lowest BCUT2D eigenvalue weighted by molar-refractivity contribution is 0.00283. The van der Waals surface area contributed by atoms with Gasteiger partial charge in [-0.25, -0.2) is 14.8 Å². The SMILES string of the molecule is CC(C)(C)OC(=O)N1C2CCC1CC(CNc1ncncc1C#N)C2. The van der Waals surface area contributed by atoms with Crippen LogP contribution in [-0.4, -0.2) is 45.2 Å². The molecule has 7 nitrogen and oxygen atoms in total. The molecule has 2 fully saturated rings. The van der Waals surface area contributed by atoms with Gasteiger partial charge in [0.1, 0.15) is 29.4 Å². The first-order valence-corrected chi connectivity index (χ1v) is 8.82. The van der Waals surface area contributed by atoms with Crippen molar-refractivity contribution in [1.82, 2.24) is 14.9 Å². The van der Waals surface area contributed by atoms with Gasteiger partial charge in [-0.1, -0.05) is 0 Å². The predicted molar refractivity (Wildman–Crippen MR) is 92.8 cm³/mol. The Balaban J connectivity index is 1.59. The van der Waals surface area contributed by atoms with Crippen LogP contribution < -0.4 is 5.32 Å². The van der Waals surface area contributed by atoms with Crippen LogP contribution >= 0.6 is 0 Å². The van der Waals surface area contributed by atoms with Gasteiger partial charge in [-0.2, -0.15) is 5.26 Å². The molecule has 0 aliphatic carbocycles. The summed E-state index contributed by atoms with van der Waals surface area (Å²) < 4.78 is 5.57. The molecule has 1 amide bonds. The van der Waals surface area contributed by atoms with Gasteiger partial charge in [0.2, 0.25) is 0 Å². The zero-order valence-electron chi connectivity index (χ0n) is 15.0. The van der Waals surface area contributed by atoms with Gasteiger partial charge in [0, 0.05) is 18.6 Å². The summed E-state index contributed by atoms with van der Waals surface area (Å²) >= 11 is 0. The van der Waals surface area contributed by atoms with Crippen LogP contribution in [0, 0.1) is 17.2 Å². The van der Waals surface area contributed by atoms with Crippen LogP contribution in [0.5, 0.6) is 0 Å². The molecular weight excluding hydrogens is 318 g/mol. The Labute approximate surface area is 148 Å². The Kier molecular flexibility index (Phi) is 4.80. The largest absolute Gasteiger partial charge is 0.444 e. The zero-order chi connectivity index (χ0) is 18.0. The molecule has 2 unspecified atom stereocenters. The number of carbonyl (C=O) groups is 1. The third kappa shape index (κ3) is 4.01. The highest BCUT2D eigenvalue weighted by Crippen LogP contribution is 2.39. The number of nitrogens with one attached hydrogen (secondary N) is 1. The third-order valence-corrected chi connectivity index (χ3v) is 4.83. The molecule has 2 aliphatic rings. The van der Waals surface area contributed by atoms with Gasteiger partial charge in [-0.3, -0.25) is 0 Å². The standard InChI is InChI=1S/C18H25N5O2/c1-18(2,3)25-17(24)23-14-4-5-15(23)7-12(6-14)9-21-16-13(8-19)10-20-11-22-16/h10-12,14-15H,4-7,9H2,1-3H3,(H,20,21,22). The molecular formula is C18H25N5O2. The van der Waals surface area contributed by atoms with E-state index in [1.165, 1.54) is 12.5 Å². The van der Waals surface area contributed by atoms with Crippen LogP contribution in [0.2, 0.25) is 0 Å². The molecule has 2 saturated heterocycles. The second kappa shape index (κ2) is 6.87. The van der Waals surface area contributed by atoms with Gasteiger partial charge in [-0.15, -0.1) is 0 Å². The van der Waals surface area contributed by atoms with Gasteiger partial charge < -0.3 is 15.0 Å². The van der Waals surface area contributed by atoms with Gasteiger partial charge in [0.25, 0.3) is 0 Å². The lowest BCUT2D eigenvalue weighted by Gasteiger charge is -2.39. The molecule has 2 aliphatic heterocycles. The molecule has 25 heavy (non-hydrogen) atoms. The van der Waals surface area contributed by atoms with Crippen LogP contribution in [0.15, 0.2) is 12.5 Å². The van der Waals surface area contributed by atoms with Gasteiger partial charge in [-0.05, 0) is 52.4 Å². The third-order valence-electron chi connectivity index (χ3n) is 4.83. The fraction of sp³-hybridized carbons (Fsp3) is 0.667. The van der Waals surface area contributed by atoms with Gasteiger partial charge in [0.05, 0.1) is 6.20 Å². The monoisotopic (exact) mass is 343 g/mol. The molecule has 1 aromatic heterocycles. The molecule has 1 N–H and O–H groups in total. The minimum Gasteiger partial charge on any atom is -0.444 e. The van der Waals surface area contributed by atoms with Crippen molar-refractivity contribution in [3.63, 3.8) is 0 Å². The molecule has 2 atom stereocenters. The Morgan fingerprint density at radius 2 is 2.08 bits per heavy atom. The summed E-state index contributed by atoms with van der Waals surface area (Å²) in [6.07, 6.45) is 6.76. The molecule has 134 valence electrons. The maximum atomic E-state index is 12.5. The number of piperidine rings is 1. The Bertz CT molecular complexity index is 665. The highest BCUT2D eigenvalue weighted by molar-refractivity contribution is 5.69. The van der Waals surface area contributed by atoms with E-state index in [0.29, 0.717) is 17.3 Å². The molecule has 0 aromatic carbocycles. The van der Waals surface area contributed by atoms with Crippen molar-refractivity contribution < 1.29 is 9.53 Å². The lowest BCUT2D eigenvalue weighted by atomic mass is 9.91. The van der Waals surface area contributed by atoms with E-state index in [1.54, 1.807) is 0 Å². The van der Waals surface area contributed by atoms with Crippen LogP contribution in [0.1, 0.15) is 52.0 Å². The number of nitriles is 1. The molecule has 7 heteroatoms. The van der Waals surface area contributed by atoms with Crippen LogP contribution in [-0.2, 0) is 4.74 Å². The average Bonchev–Trinajstić information content (AvgIpc) is 2.83. The van der Waals surface area contributed by atoms with Crippen molar-refractivity contribution >= 4 is 11.9 Å². The van der Waals surface area contributed by atoms with Crippen molar-refractivity contribution in [2.75, 3.05) is 11.9 Å². The second-order valence-corrected chi connectivity index (χ2v) is 7.89. The zero-order valence-corrected chi connectivity index (χ0v) is 15.0. The number of carbonyl (C=O) groups excluding carboxylic acids is 1. The van der Waals surface area contributed by atoms with Crippen molar-refractivity contribution in [3.8, 4) is 6.07 Å². The molecule has 2 bridgehead atoms. The molecule has 3 rings (SSSR count). The Morgan fingerprint density at radius 3 is 2.68 bits per heavy atom. The van der Waals surface area contributed by atoms with E-state index in [4.69, 9.17) is 10.00 Å². The molecule has 0 spiro atoms. The summed E-state index contributed by atoms with van der Waals surface area (Å²) in [5.74, 6) is 1.04. The van der Waals surface area contributed by atoms with Crippen molar-refractivity contribution in [1.29, 1.82) is 5.26 Å². The predicted octanol–water partition coefficient (Wildman–Crippen LogP) is 2.94. The number of amides is 1. The van der Waals surface area contributed by atoms with Gasteiger partial charge >= 0.3 is 6.09 Å². The lowest BCUT2D eigenvalue weighted by Crippen LogP contribution is -2.49. The summed E-state index contributed by atoms with van der Waals surface area (Å²) in [5, 5.41) is 12.4. The number of hydrogen-bond acceptors (Lipinski definition) is 6. The highest BCUT2D eigenvalue weighted by atomic mass is 16.6. The summed E-state index contributed by atoms with van der Waals surface area (Å²) in [7, 11) is 0. The number of ether oxygens (including phenoxy) is 1. The van der Waals surface area contributed by atoms with Crippen molar-refractivity contribution in [2.24, 2.45) is 5.92 Å². The maximum Gasteiger partial charge on any atom is 0.410 e. The molecule has 1 aromatic rings. The van der Waals surface area contributed by atoms with E-state index >= 15 is 0 Å². The van der Waals surface area contributed by atoms with E-state index in [2.05, 4.69) is 21.4 Å². The number of hydrogen-bond donors (Lipinski definition) is 1. The number of rotatable bonds is 3. The van der Waals surface area contributed by atoms with E-state index < -0.39 is 5.60 Å². The summed E-state index contributed by atoms with van der Waals surface area (Å²) in [6.45, 7) is 6.45. The molecule has 3 heterocycles. The second-order valence-electron chi connectivity index (χ2n) is 7.89. The summed E-state index contributed by atoms with van der Waals surface area (Å²) in [5.41, 5.74) is -0.00742. The van der Waals surface area contributed by atoms with E-state index in [-0.39, 0.29) is 18.2 Å². The fourth-order valence-corrected chi connectivity index (χ4v) is 3.86. The number of aromatic nitrogens is 2. The Hall–Kier alpha value is -2.36. The van der Waals surface area contributed by atoms with E-state index in [1.807, 2.05) is 25.7 Å². The van der Waals surface area contributed by atoms with E-state index in [0.717, 1.165) is 32.2 Å². The number of nitrogens with zero attached hydrogens (tertiary/aromatic N) is 4. The smallest absolute Gasteiger partial charge is 0.410 e. The first-order valence-electron chi connectivity index (χ1n) is 8.82. The molecule has 0 saturated carbocycles. The maximum absolute atomic E-state index is 12.5. The Morgan fingerprint density at radius 1 is 1.40 bits per heavy atom. The summed E-state index contributed by atoms with van der Waals surface area (Å²) in [6, 6.07) is 2.60. The number of anilines is 1. The topological polar surface area (TPSA) is 91.1 Å². The summed E-state index contributed by atoms with van der Waals surface area (Å²) in [4.78, 5) is 22.4. The highest BCUT2D eigenvalue weighted by Gasteiger charge is 2.44. The quantitative estimate of drug-likeness (QED) is 0.907. The first-order chi connectivity index (χ1) is 11.9. The first kappa shape index (κ1) is 17.5. The van der Waals surface area contributed by atoms with Crippen molar-refractivity contribution in [3.05, 3.63) is 18.1 Å². The van der Waals surface area contributed by atoms with Crippen LogP contribution in [0.4, 0.5) is 10.6 Å². The minimum absolute atomic E-state index is 0.186. The van der Waals surface area contributed by atoms with Crippen LogP contribution in [0.3, 0.4) is 0 Å². The number of fused-ring (bicyclic) bond motifs is 2. The average molecular weight is 343 g/mol. The van der Waals surface area contributed by atoms with Crippen LogP contribution in [0.25, 0.3) is 0 Å². The normalized spacial score (nSPS) is 25.4.